The lowest BCUT2D eigenvalue weighted by atomic mass is 10.2. The van der Waals surface area contributed by atoms with Gasteiger partial charge in [0.2, 0.25) is 0 Å². The Kier molecular flexibility index (Phi) is 3.46. The van der Waals surface area contributed by atoms with Gasteiger partial charge in [0, 0.05) is 12.2 Å². The monoisotopic (exact) mass is 208 g/mol. The average molecular weight is 208 g/mol. The van der Waals surface area contributed by atoms with Gasteiger partial charge in [-0.2, -0.15) is 0 Å². The molecule has 1 nitrogen and oxygen atoms in total. The van der Waals surface area contributed by atoms with E-state index in [2.05, 4.69) is 0 Å². The topological polar surface area (TPSA) is 9.23 Å². The minimum Gasteiger partial charge on any atom is -0.377 e. The highest BCUT2D eigenvalue weighted by molar-refractivity contribution is 5.21. The number of hydrogen-bond donors (Lipinski definition) is 0. The molecule has 0 fully saturated rings. The van der Waals surface area contributed by atoms with E-state index < -0.39 is 23.3 Å². The number of benzene rings is 1. The van der Waals surface area contributed by atoms with Gasteiger partial charge in [0.15, 0.2) is 23.3 Å². The molecule has 0 radical (unpaired) electrons. The van der Waals surface area contributed by atoms with Crippen molar-refractivity contribution in [3.05, 3.63) is 34.9 Å². The van der Waals surface area contributed by atoms with Crippen LogP contribution in [0.2, 0.25) is 0 Å². The first kappa shape index (κ1) is 11.0. The van der Waals surface area contributed by atoms with Gasteiger partial charge in [0.25, 0.3) is 0 Å². The fraction of sp³-hybridized carbons (Fsp3) is 0.333. The van der Waals surface area contributed by atoms with Gasteiger partial charge in [-0.1, -0.05) is 0 Å². The molecule has 0 bridgehead atoms. The highest BCUT2D eigenvalue weighted by Crippen LogP contribution is 2.19. The lowest BCUT2D eigenvalue weighted by molar-refractivity contribution is 0.130. The van der Waals surface area contributed by atoms with Gasteiger partial charge >= 0.3 is 0 Å². The maximum absolute atomic E-state index is 12.9. The Balaban J connectivity index is 3.06. The van der Waals surface area contributed by atoms with Crippen molar-refractivity contribution in [3.63, 3.8) is 0 Å². The zero-order chi connectivity index (χ0) is 10.7. The largest absolute Gasteiger partial charge is 0.377 e. The molecule has 0 spiro atoms. The second-order valence-corrected chi connectivity index (χ2v) is 2.60. The van der Waals surface area contributed by atoms with Crippen molar-refractivity contribution < 1.29 is 22.3 Å². The predicted molar refractivity (Wildman–Crippen MR) is 41.6 cm³/mol. The molecule has 1 aromatic carbocycles. The van der Waals surface area contributed by atoms with Crippen LogP contribution in [0.15, 0.2) is 6.07 Å². The third-order valence-electron chi connectivity index (χ3n) is 1.64. The maximum Gasteiger partial charge on any atom is 0.197 e. The van der Waals surface area contributed by atoms with Crippen LogP contribution in [0.4, 0.5) is 17.6 Å². The molecule has 0 saturated carbocycles. The first-order valence-corrected chi connectivity index (χ1v) is 3.97. The molecule has 78 valence electrons. The lowest BCUT2D eigenvalue weighted by Crippen LogP contribution is -2.03. The van der Waals surface area contributed by atoms with E-state index in [1.165, 1.54) is 0 Å². The molecule has 5 heteroatoms. The maximum atomic E-state index is 12.9. The molecule has 14 heavy (non-hydrogen) atoms. The predicted octanol–water partition coefficient (Wildman–Crippen LogP) is 2.78. The van der Waals surface area contributed by atoms with Crippen LogP contribution in [-0.2, 0) is 11.3 Å². The van der Waals surface area contributed by atoms with Gasteiger partial charge < -0.3 is 4.74 Å². The zero-order valence-corrected chi connectivity index (χ0v) is 7.41. The Labute approximate surface area is 78.3 Å². The van der Waals surface area contributed by atoms with E-state index in [1.807, 2.05) is 0 Å². The SMILES string of the molecule is CCOCc1cc(F)c(F)c(F)c1F. The first-order chi connectivity index (χ1) is 6.57. The van der Waals surface area contributed by atoms with Crippen LogP contribution in [0, 0.1) is 23.3 Å². The van der Waals surface area contributed by atoms with Crippen LogP contribution in [0.1, 0.15) is 12.5 Å². The lowest BCUT2D eigenvalue weighted by Gasteiger charge is -2.05. The second-order valence-electron chi connectivity index (χ2n) is 2.60. The van der Waals surface area contributed by atoms with Gasteiger partial charge in [-0.3, -0.25) is 0 Å². The molecule has 1 rings (SSSR count). The smallest absolute Gasteiger partial charge is 0.197 e. The molecule has 0 saturated heterocycles. The van der Waals surface area contributed by atoms with Crippen molar-refractivity contribution in [3.8, 4) is 0 Å². The first-order valence-electron chi connectivity index (χ1n) is 3.97. The number of ether oxygens (including phenoxy) is 1. The fourth-order valence-corrected chi connectivity index (χ4v) is 0.939. The van der Waals surface area contributed by atoms with E-state index in [0.29, 0.717) is 6.07 Å². The molecule has 0 amide bonds. The molecule has 1 aromatic rings. The molecule has 0 N–H and O–H groups in total. The Morgan fingerprint density at radius 1 is 1.07 bits per heavy atom. The summed E-state index contributed by atoms with van der Waals surface area (Å²) in [4.78, 5) is 0. The van der Waals surface area contributed by atoms with Gasteiger partial charge in [-0.05, 0) is 13.0 Å². The van der Waals surface area contributed by atoms with E-state index in [1.54, 1.807) is 6.92 Å². The van der Waals surface area contributed by atoms with Crippen LogP contribution in [0.3, 0.4) is 0 Å². The van der Waals surface area contributed by atoms with Crippen molar-refractivity contribution >= 4 is 0 Å². The summed E-state index contributed by atoms with van der Waals surface area (Å²) in [6.45, 7) is 1.64. The summed E-state index contributed by atoms with van der Waals surface area (Å²) in [6, 6.07) is 0.587. The fourth-order valence-electron chi connectivity index (χ4n) is 0.939. The number of rotatable bonds is 3. The van der Waals surface area contributed by atoms with Crippen molar-refractivity contribution in [2.45, 2.75) is 13.5 Å². The third-order valence-corrected chi connectivity index (χ3v) is 1.64. The van der Waals surface area contributed by atoms with Gasteiger partial charge in [0.05, 0.1) is 6.61 Å². The highest BCUT2D eigenvalue weighted by Gasteiger charge is 2.18. The van der Waals surface area contributed by atoms with E-state index in [-0.39, 0.29) is 18.8 Å². The van der Waals surface area contributed by atoms with Crippen LogP contribution in [-0.4, -0.2) is 6.61 Å². The summed E-state index contributed by atoms with van der Waals surface area (Å²) < 4.78 is 55.4. The van der Waals surface area contributed by atoms with Crippen LogP contribution in [0.5, 0.6) is 0 Å². The number of halogens is 4. The molecule has 0 unspecified atom stereocenters. The normalized spacial score (nSPS) is 10.6. The molecule has 0 heterocycles. The van der Waals surface area contributed by atoms with Crippen molar-refractivity contribution in [1.82, 2.24) is 0 Å². The quantitative estimate of drug-likeness (QED) is 0.421. The highest BCUT2D eigenvalue weighted by atomic mass is 19.2. The summed E-state index contributed by atoms with van der Waals surface area (Å²) in [5.41, 5.74) is -0.330. The van der Waals surface area contributed by atoms with Crippen LogP contribution < -0.4 is 0 Å². The minimum absolute atomic E-state index is 0.278. The molecule has 0 aliphatic carbocycles. The number of hydrogen-bond acceptors (Lipinski definition) is 1. The molecule has 0 aliphatic heterocycles. The van der Waals surface area contributed by atoms with Gasteiger partial charge in [-0.25, -0.2) is 17.6 Å². The molecule has 0 atom stereocenters. The summed E-state index contributed by atoms with van der Waals surface area (Å²) in [7, 11) is 0. The average Bonchev–Trinajstić information content (AvgIpc) is 2.18. The summed E-state index contributed by atoms with van der Waals surface area (Å²) in [5, 5.41) is 0. The zero-order valence-electron chi connectivity index (χ0n) is 7.41. The van der Waals surface area contributed by atoms with Crippen molar-refractivity contribution in [2.75, 3.05) is 6.61 Å². The standard InChI is InChI=1S/C9H8F4O/c1-2-14-4-5-3-6(10)8(12)9(13)7(5)11/h3H,2,4H2,1H3. The summed E-state index contributed by atoms with van der Waals surface area (Å²) in [5.74, 6) is -6.43. The van der Waals surface area contributed by atoms with Gasteiger partial charge in [0.1, 0.15) is 0 Å². The second kappa shape index (κ2) is 4.41. The van der Waals surface area contributed by atoms with Gasteiger partial charge in [-0.15, -0.1) is 0 Å². The van der Waals surface area contributed by atoms with E-state index >= 15 is 0 Å². The summed E-state index contributed by atoms with van der Waals surface area (Å²) in [6.07, 6.45) is 0. The van der Waals surface area contributed by atoms with Crippen molar-refractivity contribution in [2.24, 2.45) is 0 Å². The Bertz CT molecular complexity index is 338. The van der Waals surface area contributed by atoms with Crippen molar-refractivity contribution in [1.29, 1.82) is 0 Å². The summed E-state index contributed by atoms with van der Waals surface area (Å²) >= 11 is 0. The molecular weight excluding hydrogens is 200 g/mol. The van der Waals surface area contributed by atoms with E-state index in [9.17, 15) is 17.6 Å². The van der Waals surface area contributed by atoms with Crippen LogP contribution in [0.25, 0.3) is 0 Å². The minimum atomic E-state index is -1.81. The van der Waals surface area contributed by atoms with E-state index in [0.717, 1.165) is 0 Å². The van der Waals surface area contributed by atoms with E-state index in [4.69, 9.17) is 4.74 Å². The Hall–Kier alpha value is -1.10. The Morgan fingerprint density at radius 3 is 2.29 bits per heavy atom. The molecule has 0 aliphatic rings. The van der Waals surface area contributed by atoms with Crippen LogP contribution >= 0.6 is 0 Å². The Morgan fingerprint density at radius 2 is 1.71 bits per heavy atom. The molecule has 0 aromatic heterocycles. The third kappa shape index (κ3) is 2.04. The molecular formula is C9H8F4O.